The number of pyridine rings is 1. The lowest BCUT2D eigenvalue weighted by Gasteiger charge is -2.28. The monoisotopic (exact) mass is 425 g/mol. The zero-order chi connectivity index (χ0) is 21.2. The second kappa shape index (κ2) is 6.64. The maximum absolute atomic E-state index is 14.3. The average Bonchev–Trinajstić information content (AvgIpc) is 3.24. The maximum Gasteiger partial charge on any atom is 0.436 e. The quantitative estimate of drug-likeness (QED) is 0.707. The molecule has 0 bridgehead atoms. The van der Waals surface area contributed by atoms with E-state index in [4.69, 9.17) is 0 Å². The van der Waals surface area contributed by atoms with Gasteiger partial charge in [0.2, 0.25) is 5.91 Å². The van der Waals surface area contributed by atoms with Crippen LogP contribution in [0.1, 0.15) is 48.8 Å². The molecule has 5 rings (SSSR count). The Bertz CT molecular complexity index is 1080. The molecule has 0 N–H and O–H groups in total. The van der Waals surface area contributed by atoms with Gasteiger partial charge in [-0.3, -0.25) is 9.36 Å². The van der Waals surface area contributed by atoms with Crippen molar-refractivity contribution in [3.8, 4) is 0 Å². The minimum Gasteiger partial charge on any atom is -0.338 e. The predicted molar refractivity (Wildman–Crippen MR) is 95.0 cm³/mol. The highest BCUT2D eigenvalue weighted by atomic mass is 19.4. The van der Waals surface area contributed by atoms with Crippen LogP contribution in [0.25, 0.3) is 0 Å². The third-order valence-electron chi connectivity index (χ3n) is 6.28. The van der Waals surface area contributed by atoms with Crippen LogP contribution in [-0.2, 0) is 23.9 Å². The zero-order valence-corrected chi connectivity index (χ0v) is 15.9. The molecule has 1 saturated carbocycles. The van der Waals surface area contributed by atoms with E-state index in [1.165, 1.54) is 4.57 Å². The lowest BCUT2D eigenvalue weighted by Crippen LogP contribution is -2.42. The van der Waals surface area contributed by atoms with Crippen molar-refractivity contribution >= 4 is 5.91 Å². The van der Waals surface area contributed by atoms with Gasteiger partial charge in [0, 0.05) is 30.8 Å². The summed E-state index contributed by atoms with van der Waals surface area (Å²) in [5.74, 6) is -0.653. The summed E-state index contributed by atoms with van der Waals surface area (Å²) in [6.45, 7) is 0.219. The molecular formula is C19H19F4N5O2. The van der Waals surface area contributed by atoms with Crippen LogP contribution in [0.2, 0.25) is 0 Å². The van der Waals surface area contributed by atoms with Gasteiger partial charge in [-0.15, -0.1) is 0 Å². The zero-order valence-electron chi connectivity index (χ0n) is 15.9. The van der Waals surface area contributed by atoms with Crippen LogP contribution < -0.4 is 5.69 Å². The standard InChI is InChI=1S/C19H19F4N5O2/c20-15-11(4-6-24-16(15)19(21,22)23)9-27-18(30)28-12(2-1-3-14(28)25-27)17(29)26-7-5-10-8-13(10)26/h4,6,10,12-13H,1-3,5,7-9H2/t10-,12-,13+/m0/s1. The van der Waals surface area contributed by atoms with Crippen molar-refractivity contribution in [1.82, 2.24) is 24.2 Å². The Morgan fingerprint density at radius 3 is 2.73 bits per heavy atom. The molecule has 1 amide bonds. The van der Waals surface area contributed by atoms with Crippen LogP contribution in [0, 0.1) is 11.7 Å². The number of amides is 1. The average molecular weight is 425 g/mol. The topological polar surface area (TPSA) is 73.0 Å². The van der Waals surface area contributed by atoms with Crippen LogP contribution in [0.15, 0.2) is 17.1 Å². The lowest BCUT2D eigenvalue weighted by atomic mass is 10.0. The first-order valence-corrected chi connectivity index (χ1v) is 9.95. The number of nitrogens with zero attached hydrogens (tertiary/aromatic N) is 5. The van der Waals surface area contributed by atoms with E-state index in [2.05, 4.69) is 10.1 Å². The Morgan fingerprint density at radius 1 is 1.27 bits per heavy atom. The number of piperidine rings is 1. The molecule has 3 aliphatic rings. The third-order valence-corrected chi connectivity index (χ3v) is 6.28. The van der Waals surface area contributed by atoms with E-state index < -0.39 is 36.0 Å². The van der Waals surface area contributed by atoms with Crippen molar-refractivity contribution in [2.75, 3.05) is 6.54 Å². The molecule has 30 heavy (non-hydrogen) atoms. The fourth-order valence-electron chi connectivity index (χ4n) is 4.69. The Labute approximate surface area is 168 Å². The Kier molecular flexibility index (Phi) is 4.26. The molecule has 4 heterocycles. The van der Waals surface area contributed by atoms with E-state index in [9.17, 15) is 27.2 Å². The number of carbonyl (C=O) groups is 1. The number of alkyl halides is 3. The van der Waals surface area contributed by atoms with E-state index in [0.717, 1.165) is 29.8 Å². The minimum atomic E-state index is -4.94. The fourth-order valence-corrected chi connectivity index (χ4v) is 4.69. The number of likely N-dealkylation sites (tertiary alicyclic amines) is 1. The number of hydrogen-bond donors (Lipinski definition) is 0. The number of aryl methyl sites for hydroxylation is 1. The normalized spacial score (nSPS) is 25.2. The minimum absolute atomic E-state index is 0.1000. The van der Waals surface area contributed by atoms with Gasteiger partial charge in [-0.1, -0.05) is 0 Å². The summed E-state index contributed by atoms with van der Waals surface area (Å²) in [6.07, 6.45) is -0.440. The highest BCUT2D eigenvalue weighted by molar-refractivity contribution is 5.81. The summed E-state index contributed by atoms with van der Waals surface area (Å²) in [4.78, 5) is 30.9. The summed E-state index contributed by atoms with van der Waals surface area (Å²) < 4.78 is 55.4. The van der Waals surface area contributed by atoms with E-state index in [1.54, 1.807) is 0 Å². The molecule has 0 radical (unpaired) electrons. The molecule has 160 valence electrons. The summed E-state index contributed by atoms with van der Waals surface area (Å²) >= 11 is 0. The van der Waals surface area contributed by atoms with Gasteiger partial charge >= 0.3 is 11.9 Å². The molecular weight excluding hydrogens is 406 g/mol. The number of aromatic nitrogens is 4. The molecule has 2 aromatic rings. The van der Waals surface area contributed by atoms with E-state index >= 15 is 0 Å². The molecule has 0 aromatic carbocycles. The van der Waals surface area contributed by atoms with Gasteiger partial charge in [-0.05, 0) is 37.7 Å². The van der Waals surface area contributed by atoms with Gasteiger partial charge in [0.1, 0.15) is 11.9 Å². The van der Waals surface area contributed by atoms with E-state index in [-0.39, 0.29) is 17.5 Å². The molecule has 3 atom stereocenters. The largest absolute Gasteiger partial charge is 0.436 e. The Hall–Kier alpha value is -2.72. The second-order valence-electron chi connectivity index (χ2n) is 8.15. The number of hydrogen-bond acceptors (Lipinski definition) is 4. The summed E-state index contributed by atoms with van der Waals surface area (Å²) in [5, 5.41) is 4.20. The molecule has 2 aliphatic heterocycles. The molecule has 2 fully saturated rings. The molecule has 1 saturated heterocycles. The van der Waals surface area contributed by atoms with Crippen molar-refractivity contribution in [3.05, 3.63) is 45.6 Å². The number of fused-ring (bicyclic) bond motifs is 2. The van der Waals surface area contributed by atoms with Gasteiger partial charge < -0.3 is 4.90 Å². The van der Waals surface area contributed by atoms with Crippen LogP contribution in [0.4, 0.5) is 17.6 Å². The smallest absolute Gasteiger partial charge is 0.338 e. The molecule has 2 aromatic heterocycles. The van der Waals surface area contributed by atoms with Crippen LogP contribution in [0.5, 0.6) is 0 Å². The molecule has 11 heteroatoms. The summed E-state index contributed by atoms with van der Waals surface area (Å²) in [5.41, 5.74) is -2.57. The highest BCUT2D eigenvalue weighted by Crippen LogP contribution is 2.45. The van der Waals surface area contributed by atoms with Crippen molar-refractivity contribution in [2.24, 2.45) is 5.92 Å². The van der Waals surface area contributed by atoms with Gasteiger partial charge in [0.05, 0.1) is 6.54 Å². The van der Waals surface area contributed by atoms with Crippen LogP contribution in [-0.4, -0.2) is 42.7 Å². The molecule has 0 unspecified atom stereocenters. The van der Waals surface area contributed by atoms with Crippen molar-refractivity contribution < 1.29 is 22.4 Å². The number of halogens is 4. The Balaban J connectivity index is 1.46. The number of rotatable bonds is 3. The SMILES string of the molecule is O=C([C@@H]1CCCc2nn(Cc3ccnc(C(F)(F)F)c3F)c(=O)n21)N1CC[C@H]2C[C@H]21. The van der Waals surface area contributed by atoms with Crippen molar-refractivity contribution in [2.45, 2.75) is 56.9 Å². The summed E-state index contributed by atoms with van der Waals surface area (Å²) in [6, 6.07) is 0.692. The van der Waals surface area contributed by atoms with E-state index in [0.29, 0.717) is 37.5 Å². The maximum atomic E-state index is 14.3. The first-order chi connectivity index (χ1) is 14.3. The van der Waals surface area contributed by atoms with Gasteiger partial charge in [0.15, 0.2) is 11.5 Å². The third kappa shape index (κ3) is 3.02. The predicted octanol–water partition coefficient (Wildman–Crippen LogP) is 2.14. The second-order valence-corrected chi connectivity index (χ2v) is 8.15. The van der Waals surface area contributed by atoms with Crippen LogP contribution >= 0.6 is 0 Å². The molecule has 1 aliphatic carbocycles. The van der Waals surface area contributed by atoms with Crippen molar-refractivity contribution in [1.29, 1.82) is 0 Å². The fraction of sp³-hybridized carbons (Fsp3) is 0.579. The first-order valence-electron chi connectivity index (χ1n) is 9.95. The van der Waals surface area contributed by atoms with Crippen LogP contribution in [0.3, 0.4) is 0 Å². The Morgan fingerprint density at radius 2 is 2.07 bits per heavy atom. The number of carbonyl (C=O) groups excluding carboxylic acids is 1. The van der Waals surface area contributed by atoms with Gasteiger partial charge in [-0.25, -0.2) is 18.9 Å². The highest BCUT2D eigenvalue weighted by Gasteiger charge is 2.50. The first kappa shape index (κ1) is 19.3. The van der Waals surface area contributed by atoms with Crippen molar-refractivity contribution in [3.63, 3.8) is 0 Å². The van der Waals surface area contributed by atoms with Gasteiger partial charge in [0.25, 0.3) is 0 Å². The lowest BCUT2D eigenvalue weighted by molar-refractivity contribution is -0.143. The molecule has 0 spiro atoms. The molecule has 7 nitrogen and oxygen atoms in total. The van der Waals surface area contributed by atoms with E-state index in [1.807, 2.05) is 4.90 Å². The summed E-state index contributed by atoms with van der Waals surface area (Å²) in [7, 11) is 0. The van der Waals surface area contributed by atoms with Gasteiger partial charge in [-0.2, -0.15) is 18.3 Å².